The number of thioether (sulfide) groups is 1. The molecule has 0 saturated carbocycles. The van der Waals surface area contributed by atoms with Crippen molar-refractivity contribution in [2.45, 2.75) is 31.3 Å². The lowest BCUT2D eigenvalue weighted by Crippen LogP contribution is -2.34. The zero-order valence-electron chi connectivity index (χ0n) is 11.4. The lowest BCUT2D eigenvalue weighted by molar-refractivity contribution is 0.393. The van der Waals surface area contributed by atoms with Crippen LogP contribution in [0.5, 0.6) is 0 Å². The van der Waals surface area contributed by atoms with Crippen molar-refractivity contribution < 1.29 is 0 Å². The highest BCUT2D eigenvalue weighted by Crippen LogP contribution is 2.26. The molecule has 0 aromatic carbocycles. The molecule has 1 N–H and O–H groups in total. The number of piperidine rings is 1. The normalized spacial score (nSPS) is 16.9. The second-order valence-corrected chi connectivity index (χ2v) is 5.46. The topological polar surface area (TPSA) is 41.0 Å². The first-order valence-corrected chi connectivity index (χ1v) is 7.85. The Bertz CT molecular complexity index is 366. The van der Waals surface area contributed by atoms with Gasteiger partial charge >= 0.3 is 0 Å². The number of hydrogen-bond acceptors (Lipinski definition) is 5. The van der Waals surface area contributed by atoms with Gasteiger partial charge in [-0.25, -0.2) is 9.97 Å². The molecule has 0 radical (unpaired) electrons. The summed E-state index contributed by atoms with van der Waals surface area (Å²) in [6.45, 7) is 4.52. The molecule has 1 aliphatic rings. The number of hydrogen-bond donors (Lipinski definition) is 1. The first-order valence-electron chi connectivity index (χ1n) is 6.62. The van der Waals surface area contributed by atoms with E-state index >= 15 is 0 Å². The van der Waals surface area contributed by atoms with E-state index in [1.165, 1.54) is 19.3 Å². The number of rotatable bonds is 4. The smallest absolute Gasteiger partial charge is 0.191 e. The van der Waals surface area contributed by atoms with Crippen molar-refractivity contribution in [2.24, 2.45) is 5.92 Å². The van der Waals surface area contributed by atoms with Crippen LogP contribution >= 0.6 is 11.8 Å². The molecule has 4 nitrogen and oxygen atoms in total. The third-order valence-corrected chi connectivity index (χ3v) is 4.19. The van der Waals surface area contributed by atoms with E-state index in [0.717, 1.165) is 35.8 Å². The van der Waals surface area contributed by atoms with Gasteiger partial charge in [0.1, 0.15) is 11.6 Å². The molecule has 0 amide bonds. The molecule has 2 heterocycles. The Hall–Kier alpha value is -0.970. The minimum Gasteiger partial charge on any atom is -0.373 e. The Kier molecular flexibility index (Phi) is 4.69. The van der Waals surface area contributed by atoms with Crippen LogP contribution in [0.4, 0.5) is 11.6 Å². The molecule has 2 rings (SSSR count). The lowest BCUT2D eigenvalue weighted by Gasteiger charge is -2.32. The Morgan fingerprint density at radius 2 is 2.11 bits per heavy atom. The van der Waals surface area contributed by atoms with Crippen molar-refractivity contribution in [1.29, 1.82) is 0 Å². The second-order valence-electron chi connectivity index (χ2n) is 4.69. The van der Waals surface area contributed by atoms with E-state index in [4.69, 9.17) is 0 Å². The second kappa shape index (κ2) is 6.27. The Morgan fingerprint density at radius 1 is 1.39 bits per heavy atom. The summed E-state index contributed by atoms with van der Waals surface area (Å²) < 4.78 is 0. The Balaban J connectivity index is 2.13. The molecule has 1 fully saturated rings. The van der Waals surface area contributed by atoms with Crippen LogP contribution in [0.15, 0.2) is 11.2 Å². The maximum atomic E-state index is 4.61. The molecule has 100 valence electrons. The van der Waals surface area contributed by atoms with Crippen LogP contribution in [0, 0.1) is 5.92 Å². The van der Waals surface area contributed by atoms with Crippen molar-refractivity contribution in [2.75, 3.05) is 36.6 Å². The molecular formula is C13H22N4S. The van der Waals surface area contributed by atoms with Gasteiger partial charge in [-0.1, -0.05) is 25.1 Å². The molecule has 1 aromatic heterocycles. The van der Waals surface area contributed by atoms with Crippen molar-refractivity contribution in [3.8, 4) is 0 Å². The quantitative estimate of drug-likeness (QED) is 0.670. The van der Waals surface area contributed by atoms with Crippen LogP contribution in [0.25, 0.3) is 0 Å². The summed E-state index contributed by atoms with van der Waals surface area (Å²) in [6.07, 6.45) is 5.88. The summed E-state index contributed by atoms with van der Waals surface area (Å²) >= 11 is 1.59. The maximum Gasteiger partial charge on any atom is 0.191 e. The van der Waals surface area contributed by atoms with Gasteiger partial charge in [0.15, 0.2) is 5.16 Å². The van der Waals surface area contributed by atoms with Crippen LogP contribution in [0.1, 0.15) is 26.2 Å². The molecule has 0 unspecified atom stereocenters. The number of anilines is 2. The molecule has 0 aliphatic carbocycles. The minimum absolute atomic E-state index is 0.842. The van der Waals surface area contributed by atoms with Crippen LogP contribution in [-0.4, -0.2) is 36.4 Å². The van der Waals surface area contributed by atoms with Gasteiger partial charge < -0.3 is 10.2 Å². The highest BCUT2D eigenvalue weighted by molar-refractivity contribution is 7.98. The molecule has 0 bridgehead atoms. The first-order chi connectivity index (χ1) is 8.76. The van der Waals surface area contributed by atoms with Crippen LogP contribution < -0.4 is 10.2 Å². The fourth-order valence-electron chi connectivity index (χ4n) is 2.36. The summed E-state index contributed by atoms with van der Waals surface area (Å²) in [5, 5.41) is 3.95. The van der Waals surface area contributed by atoms with E-state index in [0.29, 0.717) is 0 Å². The van der Waals surface area contributed by atoms with Crippen molar-refractivity contribution in [3.63, 3.8) is 0 Å². The highest BCUT2D eigenvalue weighted by atomic mass is 32.2. The van der Waals surface area contributed by atoms with Gasteiger partial charge in [0.25, 0.3) is 0 Å². The van der Waals surface area contributed by atoms with Gasteiger partial charge in [-0.15, -0.1) is 0 Å². The zero-order chi connectivity index (χ0) is 13.0. The molecule has 0 spiro atoms. The van der Waals surface area contributed by atoms with Gasteiger partial charge in [-0.3, -0.25) is 0 Å². The molecule has 1 aliphatic heterocycles. The van der Waals surface area contributed by atoms with Gasteiger partial charge in [0.05, 0.1) is 0 Å². The number of nitrogens with zero attached hydrogens (tertiary/aromatic N) is 3. The molecule has 18 heavy (non-hydrogen) atoms. The van der Waals surface area contributed by atoms with E-state index < -0.39 is 0 Å². The predicted molar refractivity (Wildman–Crippen MR) is 78.6 cm³/mol. The molecule has 1 saturated heterocycles. The van der Waals surface area contributed by atoms with E-state index in [-0.39, 0.29) is 0 Å². The van der Waals surface area contributed by atoms with E-state index in [9.17, 15) is 0 Å². The van der Waals surface area contributed by atoms with Crippen molar-refractivity contribution >= 4 is 23.4 Å². The Labute approximate surface area is 114 Å². The summed E-state index contributed by atoms with van der Waals surface area (Å²) in [7, 11) is 1.90. The summed E-state index contributed by atoms with van der Waals surface area (Å²) in [5.74, 6) is 2.86. The lowest BCUT2D eigenvalue weighted by atomic mass is 9.94. The average Bonchev–Trinajstić information content (AvgIpc) is 2.46. The van der Waals surface area contributed by atoms with Crippen LogP contribution in [-0.2, 0) is 0 Å². The van der Waals surface area contributed by atoms with Gasteiger partial charge in [0, 0.05) is 26.2 Å². The average molecular weight is 266 g/mol. The minimum atomic E-state index is 0.842. The standard InChI is InChI=1S/C13H22N4S/c1-4-10-5-7-17(8-6-10)12-9-11(14-2)15-13(16-12)18-3/h9-10H,4-8H2,1-3H3,(H,14,15,16). The van der Waals surface area contributed by atoms with Gasteiger partial charge in [-0.2, -0.15) is 0 Å². The maximum absolute atomic E-state index is 4.61. The summed E-state index contributed by atoms with van der Waals surface area (Å²) in [4.78, 5) is 11.4. The molecule has 0 atom stereocenters. The third kappa shape index (κ3) is 3.07. The van der Waals surface area contributed by atoms with Crippen molar-refractivity contribution in [3.05, 3.63) is 6.07 Å². The van der Waals surface area contributed by atoms with Crippen LogP contribution in [0.3, 0.4) is 0 Å². The van der Waals surface area contributed by atoms with Crippen molar-refractivity contribution in [1.82, 2.24) is 9.97 Å². The fraction of sp³-hybridized carbons (Fsp3) is 0.692. The molecule has 5 heteroatoms. The summed E-state index contributed by atoms with van der Waals surface area (Å²) in [5.41, 5.74) is 0. The molecular weight excluding hydrogens is 244 g/mol. The fourth-order valence-corrected chi connectivity index (χ4v) is 2.74. The third-order valence-electron chi connectivity index (χ3n) is 3.65. The molecule has 1 aromatic rings. The zero-order valence-corrected chi connectivity index (χ0v) is 12.3. The summed E-state index contributed by atoms with van der Waals surface area (Å²) in [6, 6.07) is 2.05. The number of aromatic nitrogens is 2. The van der Waals surface area contributed by atoms with Gasteiger partial charge in [0.2, 0.25) is 0 Å². The van der Waals surface area contributed by atoms with E-state index in [1.807, 2.05) is 19.4 Å². The highest BCUT2D eigenvalue weighted by Gasteiger charge is 2.19. The van der Waals surface area contributed by atoms with E-state index in [2.05, 4.69) is 27.1 Å². The first kappa shape index (κ1) is 13.5. The van der Waals surface area contributed by atoms with Gasteiger partial charge in [-0.05, 0) is 25.0 Å². The number of nitrogens with one attached hydrogen (secondary N) is 1. The predicted octanol–water partition coefficient (Wildman–Crippen LogP) is 2.87. The Morgan fingerprint density at radius 3 is 2.67 bits per heavy atom. The largest absolute Gasteiger partial charge is 0.373 e. The monoisotopic (exact) mass is 266 g/mol. The SMILES string of the molecule is CCC1CCN(c2cc(NC)nc(SC)n2)CC1. The van der Waals surface area contributed by atoms with E-state index in [1.54, 1.807) is 11.8 Å². The van der Waals surface area contributed by atoms with Crippen LogP contribution in [0.2, 0.25) is 0 Å².